The van der Waals surface area contributed by atoms with Crippen molar-refractivity contribution in [1.29, 1.82) is 0 Å². The highest BCUT2D eigenvalue weighted by Gasteiger charge is 2.39. The number of aromatic nitrogens is 1. The maximum Gasteiger partial charge on any atom is 0.256 e. The molecule has 2 fully saturated rings. The topological polar surface area (TPSA) is 66.5 Å². The number of hydrogen-bond acceptors (Lipinski definition) is 5. The minimum Gasteiger partial charge on any atom is -0.368 e. The predicted octanol–water partition coefficient (Wildman–Crippen LogP) is 2.23. The van der Waals surface area contributed by atoms with Crippen molar-refractivity contribution in [3.8, 4) is 0 Å². The van der Waals surface area contributed by atoms with Crippen molar-refractivity contribution in [2.45, 2.75) is 31.3 Å². The smallest absolute Gasteiger partial charge is 0.256 e. The van der Waals surface area contributed by atoms with E-state index in [4.69, 9.17) is 4.74 Å². The van der Waals surface area contributed by atoms with Crippen molar-refractivity contribution in [3.63, 3.8) is 0 Å². The molecule has 0 radical (unpaired) electrons. The Morgan fingerprint density at radius 1 is 1.25 bits per heavy atom. The molecule has 1 aromatic heterocycles. The Balaban J connectivity index is 0.00000144. The first kappa shape index (κ1) is 21.0. The lowest BCUT2D eigenvalue weighted by Gasteiger charge is -2.34. The molecule has 0 unspecified atom stereocenters. The van der Waals surface area contributed by atoms with Crippen LogP contribution in [0.1, 0.15) is 25.7 Å². The van der Waals surface area contributed by atoms with Crippen molar-refractivity contribution in [2.75, 3.05) is 43.5 Å². The number of carbonyl (C=O) groups excluding carboxylic acids is 1. The van der Waals surface area contributed by atoms with Gasteiger partial charge in [-0.15, -0.1) is 24.8 Å². The lowest BCUT2D eigenvalue weighted by Crippen LogP contribution is -2.51. The Bertz CT molecular complexity index is 515. The van der Waals surface area contributed by atoms with Crippen LogP contribution in [0.25, 0.3) is 0 Å². The number of amides is 1. The zero-order valence-electron chi connectivity index (χ0n) is 13.9. The summed E-state index contributed by atoms with van der Waals surface area (Å²) in [7, 11) is 1.61. The number of methoxy groups -OCH3 is 1. The lowest BCUT2D eigenvalue weighted by molar-refractivity contribution is -0.140. The number of pyridine rings is 1. The van der Waals surface area contributed by atoms with Gasteiger partial charge in [-0.3, -0.25) is 4.79 Å². The van der Waals surface area contributed by atoms with E-state index in [-0.39, 0.29) is 30.7 Å². The zero-order chi connectivity index (χ0) is 15.4. The quantitative estimate of drug-likeness (QED) is 0.843. The number of nitrogens with one attached hydrogen (secondary N) is 2. The van der Waals surface area contributed by atoms with E-state index in [2.05, 4.69) is 20.5 Å². The van der Waals surface area contributed by atoms with E-state index in [0.717, 1.165) is 37.7 Å². The number of halogens is 2. The molecule has 136 valence electrons. The van der Waals surface area contributed by atoms with Gasteiger partial charge in [0.05, 0.1) is 11.9 Å². The molecule has 0 aliphatic carbocycles. The Morgan fingerprint density at radius 3 is 2.46 bits per heavy atom. The van der Waals surface area contributed by atoms with Crippen LogP contribution in [0.3, 0.4) is 0 Å². The van der Waals surface area contributed by atoms with Crippen LogP contribution in [0.2, 0.25) is 0 Å². The normalized spacial score (nSPS) is 19.1. The highest BCUT2D eigenvalue weighted by Crippen LogP contribution is 2.25. The molecular formula is C16H26Cl2N4O2. The van der Waals surface area contributed by atoms with E-state index in [9.17, 15) is 4.79 Å². The number of carbonyl (C=O) groups is 1. The molecule has 1 aromatic rings. The minimum absolute atomic E-state index is 0. The summed E-state index contributed by atoms with van der Waals surface area (Å²) in [4.78, 5) is 19.3. The van der Waals surface area contributed by atoms with Crippen molar-refractivity contribution >= 4 is 42.2 Å². The van der Waals surface area contributed by atoms with Crippen LogP contribution >= 0.6 is 24.8 Å². The second-order valence-corrected chi connectivity index (χ2v) is 6.00. The zero-order valence-corrected chi connectivity index (χ0v) is 15.5. The van der Waals surface area contributed by atoms with Crippen LogP contribution < -0.4 is 15.5 Å². The molecule has 3 rings (SSSR count). The van der Waals surface area contributed by atoms with E-state index in [1.807, 2.05) is 12.1 Å². The molecule has 2 aliphatic heterocycles. The van der Waals surface area contributed by atoms with E-state index in [1.165, 1.54) is 12.8 Å². The molecule has 2 aliphatic rings. The van der Waals surface area contributed by atoms with E-state index < -0.39 is 5.60 Å². The Morgan fingerprint density at radius 2 is 1.92 bits per heavy atom. The molecule has 2 N–H and O–H groups in total. The van der Waals surface area contributed by atoms with Crippen molar-refractivity contribution in [2.24, 2.45) is 0 Å². The summed E-state index contributed by atoms with van der Waals surface area (Å²) in [5.74, 6) is 0.908. The van der Waals surface area contributed by atoms with E-state index >= 15 is 0 Å². The van der Waals surface area contributed by atoms with Gasteiger partial charge < -0.3 is 20.3 Å². The second-order valence-electron chi connectivity index (χ2n) is 6.00. The maximum atomic E-state index is 12.6. The van der Waals surface area contributed by atoms with E-state index in [0.29, 0.717) is 12.8 Å². The van der Waals surface area contributed by atoms with Gasteiger partial charge in [-0.2, -0.15) is 0 Å². The van der Waals surface area contributed by atoms with Crippen LogP contribution in [-0.2, 0) is 9.53 Å². The fourth-order valence-corrected chi connectivity index (χ4v) is 3.19. The largest absolute Gasteiger partial charge is 0.368 e. The van der Waals surface area contributed by atoms with E-state index in [1.54, 1.807) is 13.3 Å². The third-order valence-corrected chi connectivity index (χ3v) is 4.65. The highest BCUT2D eigenvalue weighted by atomic mass is 35.5. The van der Waals surface area contributed by atoms with Crippen molar-refractivity contribution < 1.29 is 9.53 Å². The Hall–Kier alpha value is -1.08. The first-order valence-electron chi connectivity index (χ1n) is 8.02. The molecule has 24 heavy (non-hydrogen) atoms. The van der Waals surface area contributed by atoms with Crippen molar-refractivity contribution in [1.82, 2.24) is 10.3 Å². The Labute approximate surface area is 155 Å². The fraction of sp³-hybridized carbons (Fsp3) is 0.625. The maximum absolute atomic E-state index is 12.6. The van der Waals surface area contributed by atoms with Gasteiger partial charge in [0.15, 0.2) is 0 Å². The van der Waals surface area contributed by atoms with Gasteiger partial charge in [-0.05, 0) is 50.9 Å². The Kier molecular flexibility index (Phi) is 8.22. The molecule has 0 saturated carbocycles. The van der Waals surface area contributed by atoms with Crippen LogP contribution in [-0.4, -0.2) is 49.8 Å². The van der Waals surface area contributed by atoms with Gasteiger partial charge in [0, 0.05) is 20.2 Å². The molecule has 6 nitrogen and oxygen atoms in total. The average molecular weight is 377 g/mol. The van der Waals surface area contributed by atoms with Gasteiger partial charge in [-0.1, -0.05) is 0 Å². The van der Waals surface area contributed by atoms with Gasteiger partial charge in [0.1, 0.15) is 11.4 Å². The first-order valence-corrected chi connectivity index (χ1v) is 8.02. The van der Waals surface area contributed by atoms with Gasteiger partial charge in [0.2, 0.25) is 0 Å². The SMILES string of the molecule is COC1(C(=O)Nc2ccc(N3CCCC3)nc2)CCNCC1.Cl.Cl. The van der Waals surface area contributed by atoms with Crippen LogP contribution in [0, 0.1) is 0 Å². The summed E-state index contributed by atoms with van der Waals surface area (Å²) in [5, 5.41) is 6.20. The molecule has 1 amide bonds. The van der Waals surface area contributed by atoms with Crippen LogP contribution in [0.4, 0.5) is 11.5 Å². The first-order chi connectivity index (χ1) is 10.7. The third kappa shape index (κ3) is 4.51. The fourth-order valence-electron chi connectivity index (χ4n) is 3.19. The number of rotatable bonds is 4. The summed E-state index contributed by atoms with van der Waals surface area (Å²) in [5.41, 5.74) is 0.00157. The lowest BCUT2D eigenvalue weighted by atomic mass is 9.91. The second kappa shape index (κ2) is 9.42. The molecule has 0 aromatic carbocycles. The van der Waals surface area contributed by atoms with Gasteiger partial charge in [0.25, 0.3) is 5.91 Å². The monoisotopic (exact) mass is 376 g/mol. The standard InChI is InChI=1S/C16H24N4O2.2ClH/c1-22-16(6-8-17-9-7-16)15(21)19-13-4-5-14(18-12-13)20-10-2-3-11-20;;/h4-5,12,17H,2-3,6-11H2,1H3,(H,19,21);2*1H. The summed E-state index contributed by atoms with van der Waals surface area (Å²) < 4.78 is 5.54. The van der Waals surface area contributed by atoms with Gasteiger partial charge in [-0.25, -0.2) is 4.98 Å². The third-order valence-electron chi connectivity index (χ3n) is 4.65. The van der Waals surface area contributed by atoms with Crippen LogP contribution in [0.5, 0.6) is 0 Å². The number of ether oxygens (including phenoxy) is 1. The minimum atomic E-state index is -0.723. The number of hydrogen-bond donors (Lipinski definition) is 2. The summed E-state index contributed by atoms with van der Waals surface area (Å²) >= 11 is 0. The summed E-state index contributed by atoms with van der Waals surface area (Å²) in [6, 6.07) is 3.89. The molecule has 8 heteroatoms. The average Bonchev–Trinajstić information content (AvgIpc) is 3.10. The molecule has 2 saturated heterocycles. The van der Waals surface area contributed by atoms with Crippen LogP contribution in [0.15, 0.2) is 18.3 Å². The number of nitrogens with zero attached hydrogens (tertiary/aromatic N) is 2. The number of anilines is 2. The summed E-state index contributed by atoms with van der Waals surface area (Å²) in [6.45, 7) is 3.73. The number of piperidine rings is 1. The molecule has 3 heterocycles. The van der Waals surface area contributed by atoms with Gasteiger partial charge >= 0.3 is 0 Å². The molecular weight excluding hydrogens is 351 g/mol. The predicted molar refractivity (Wildman–Crippen MR) is 101 cm³/mol. The highest BCUT2D eigenvalue weighted by molar-refractivity contribution is 5.97. The molecule has 0 bridgehead atoms. The molecule has 0 spiro atoms. The van der Waals surface area contributed by atoms with Crippen molar-refractivity contribution in [3.05, 3.63) is 18.3 Å². The summed E-state index contributed by atoms with van der Waals surface area (Å²) in [6.07, 6.45) is 5.56. The molecule has 0 atom stereocenters.